The average molecular weight is 358 g/mol. The largest absolute Gasteiger partial charge is 0.496 e. The van der Waals surface area contributed by atoms with Crippen molar-refractivity contribution in [1.29, 1.82) is 0 Å². The van der Waals surface area contributed by atoms with Crippen molar-refractivity contribution in [2.75, 3.05) is 20.2 Å². The van der Waals surface area contributed by atoms with E-state index in [0.717, 1.165) is 49.7 Å². The number of guanidine groups is 1. The molecule has 0 aliphatic rings. The van der Waals surface area contributed by atoms with Crippen molar-refractivity contribution in [2.24, 2.45) is 4.99 Å². The molecule has 1 atom stereocenters. The Morgan fingerprint density at radius 2 is 2.04 bits per heavy atom. The standard InChI is InChI=1S/C19H30N6O/c1-5-20-19(21-10-6-7-11-25-13-22-23-14-25)24-16(3)17-12-15(2)8-9-18(17)26-4/h8-9,12-14,16H,5-7,10-11H2,1-4H3,(H2,20,21,24). The summed E-state index contributed by atoms with van der Waals surface area (Å²) in [6.07, 6.45) is 5.54. The number of nitrogens with one attached hydrogen (secondary N) is 2. The van der Waals surface area contributed by atoms with E-state index >= 15 is 0 Å². The van der Waals surface area contributed by atoms with Crippen LogP contribution in [0.3, 0.4) is 0 Å². The molecular weight excluding hydrogens is 328 g/mol. The lowest BCUT2D eigenvalue weighted by Gasteiger charge is -2.20. The third-order valence-electron chi connectivity index (χ3n) is 4.11. The van der Waals surface area contributed by atoms with Gasteiger partial charge in [-0.2, -0.15) is 0 Å². The fourth-order valence-corrected chi connectivity index (χ4v) is 2.73. The third kappa shape index (κ3) is 6.06. The fourth-order valence-electron chi connectivity index (χ4n) is 2.73. The minimum Gasteiger partial charge on any atom is -0.496 e. The number of benzene rings is 1. The topological polar surface area (TPSA) is 76.4 Å². The zero-order valence-electron chi connectivity index (χ0n) is 16.2. The van der Waals surface area contributed by atoms with Crippen LogP contribution in [0.5, 0.6) is 5.75 Å². The minimum absolute atomic E-state index is 0.0969. The number of aliphatic imine (C=N–C) groups is 1. The predicted molar refractivity (Wildman–Crippen MR) is 105 cm³/mol. The summed E-state index contributed by atoms with van der Waals surface area (Å²) in [7, 11) is 1.70. The summed E-state index contributed by atoms with van der Waals surface area (Å²) in [5.41, 5.74) is 2.34. The highest BCUT2D eigenvalue weighted by molar-refractivity contribution is 5.80. The molecule has 2 aromatic rings. The van der Waals surface area contributed by atoms with E-state index in [1.807, 2.05) is 10.6 Å². The first-order valence-electron chi connectivity index (χ1n) is 9.15. The Morgan fingerprint density at radius 3 is 2.73 bits per heavy atom. The van der Waals surface area contributed by atoms with Crippen LogP contribution in [0.2, 0.25) is 0 Å². The summed E-state index contributed by atoms with van der Waals surface area (Å²) in [6, 6.07) is 6.32. The van der Waals surface area contributed by atoms with Gasteiger partial charge in [0.1, 0.15) is 18.4 Å². The highest BCUT2D eigenvalue weighted by Gasteiger charge is 2.13. The van der Waals surface area contributed by atoms with Gasteiger partial charge in [-0.15, -0.1) is 10.2 Å². The summed E-state index contributed by atoms with van der Waals surface area (Å²) in [4.78, 5) is 4.69. The van der Waals surface area contributed by atoms with Crippen molar-refractivity contribution in [1.82, 2.24) is 25.4 Å². The van der Waals surface area contributed by atoms with Gasteiger partial charge in [0.2, 0.25) is 0 Å². The zero-order valence-corrected chi connectivity index (χ0v) is 16.2. The van der Waals surface area contributed by atoms with Crippen LogP contribution >= 0.6 is 0 Å². The highest BCUT2D eigenvalue weighted by Crippen LogP contribution is 2.25. The molecule has 0 amide bonds. The van der Waals surface area contributed by atoms with E-state index in [4.69, 9.17) is 4.74 Å². The van der Waals surface area contributed by atoms with Crippen LogP contribution < -0.4 is 15.4 Å². The molecule has 142 valence electrons. The van der Waals surface area contributed by atoms with Crippen molar-refractivity contribution in [3.8, 4) is 5.75 Å². The van der Waals surface area contributed by atoms with E-state index < -0.39 is 0 Å². The van der Waals surface area contributed by atoms with Gasteiger partial charge in [0.05, 0.1) is 13.2 Å². The maximum Gasteiger partial charge on any atom is 0.191 e. The monoisotopic (exact) mass is 358 g/mol. The lowest BCUT2D eigenvalue weighted by Crippen LogP contribution is -2.39. The summed E-state index contributed by atoms with van der Waals surface area (Å²) >= 11 is 0. The quantitative estimate of drug-likeness (QED) is 0.409. The second-order valence-electron chi connectivity index (χ2n) is 6.28. The van der Waals surface area contributed by atoms with Crippen LogP contribution in [0.1, 0.15) is 43.9 Å². The molecule has 1 unspecified atom stereocenters. The number of aryl methyl sites for hydroxylation is 2. The molecular formula is C19H30N6O. The van der Waals surface area contributed by atoms with E-state index in [9.17, 15) is 0 Å². The van der Waals surface area contributed by atoms with Crippen LogP contribution in [0.4, 0.5) is 0 Å². The minimum atomic E-state index is 0.0969. The number of nitrogens with zero attached hydrogens (tertiary/aromatic N) is 4. The van der Waals surface area contributed by atoms with Crippen molar-refractivity contribution in [3.05, 3.63) is 42.0 Å². The molecule has 0 saturated heterocycles. The Bertz CT molecular complexity index is 683. The average Bonchev–Trinajstić information content (AvgIpc) is 3.15. The molecule has 0 aliphatic carbocycles. The number of methoxy groups -OCH3 is 1. The van der Waals surface area contributed by atoms with Crippen LogP contribution in [0, 0.1) is 6.92 Å². The van der Waals surface area contributed by atoms with Gasteiger partial charge in [0.25, 0.3) is 0 Å². The van der Waals surface area contributed by atoms with Crippen LogP contribution in [0.15, 0.2) is 35.8 Å². The molecule has 7 heteroatoms. The Hall–Kier alpha value is -2.57. The molecule has 0 spiro atoms. The predicted octanol–water partition coefficient (Wildman–Crippen LogP) is 2.69. The Balaban J connectivity index is 1.90. The molecule has 26 heavy (non-hydrogen) atoms. The summed E-state index contributed by atoms with van der Waals surface area (Å²) in [6.45, 7) is 8.80. The summed E-state index contributed by atoms with van der Waals surface area (Å²) in [5, 5.41) is 14.4. The zero-order chi connectivity index (χ0) is 18.8. The number of unbranched alkanes of at least 4 members (excludes halogenated alkanes) is 1. The maximum atomic E-state index is 5.50. The van der Waals surface area contributed by atoms with Gasteiger partial charge in [-0.05, 0) is 39.7 Å². The maximum absolute atomic E-state index is 5.50. The molecule has 0 aliphatic heterocycles. The summed E-state index contributed by atoms with van der Waals surface area (Å²) < 4.78 is 7.48. The normalized spacial score (nSPS) is 12.7. The van der Waals surface area contributed by atoms with Gasteiger partial charge in [-0.3, -0.25) is 4.99 Å². The lowest BCUT2D eigenvalue weighted by molar-refractivity contribution is 0.405. The Kier molecular flexibility index (Phi) is 7.92. The first-order valence-corrected chi connectivity index (χ1v) is 9.15. The molecule has 2 rings (SSSR count). The van der Waals surface area contributed by atoms with Crippen LogP contribution in [0.25, 0.3) is 0 Å². The van der Waals surface area contributed by atoms with E-state index in [-0.39, 0.29) is 6.04 Å². The molecule has 0 fully saturated rings. The second kappa shape index (κ2) is 10.4. The van der Waals surface area contributed by atoms with Crippen molar-refractivity contribution >= 4 is 5.96 Å². The summed E-state index contributed by atoms with van der Waals surface area (Å²) in [5.74, 6) is 1.72. The number of aromatic nitrogens is 3. The van der Waals surface area contributed by atoms with Crippen molar-refractivity contribution < 1.29 is 4.74 Å². The molecule has 1 heterocycles. The number of ether oxygens (including phenoxy) is 1. The molecule has 1 aromatic heterocycles. The van der Waals surface area contributed by atoms with Crippen LogP contribution in [-0.4, -0.2) is 40.9 Å². The van der Waals surface area contributed by atoms with Gasteiger partial charge >= 0.3 is 0 Å². The molecule has 0 bridgehead atoms. The number of rotatable bonds is 9. The van der Waals surface area contributed by atoms with Gasteiger partial charge < -0.3 is 19.9 Å². The lowest BCUT2D eigenvalue weighted by atomic mass is 10.0. The third-order valence-corrected chi connectivity index (χ3v) is 4.11. The van der Waals surface area contributed by atoms with E-state index in [0.29, 0.717) is 0 Å². The molecule has 7 nitrogen and oxygen atoms in total. The smallest absolute Gasteiger partial charge is 0.191 e. The van der Waals surface area contributed by atoms with Crippen LogP contribution in [-0.2, 0) is 6.54 Å². The second-order valence-corrected chi connectivity index (χ2v) is 6.28. The van der Waals surface area contributed by atoms with E-state index in [1.54, 1.807) is 19.8 Å². The van der Waals surface area contributed by atoms with E-state index in [1.165, 1.54) is 5.56 Å². The SMILES string of the molecule is CCNC(=NCCCCn1cnnc1)NC(C)c1cc(C)ccc1OC. The molecule has 0 saturated carbocycles. The fraction of sp³-hybridized carbons (Fsp3) is 0.526. The molecule has 2 N–H and O–H groups in total. The van der Waals surface area contributed by atoms with E-state index in [2.05, 4.69) is 58.7 Å². The number of hydrogen-bond donors (Lipinski definition) is 2. The Labute approximate surface area is 155 Å². The molecule has 0 radical (unpaired) electrons. The highest BCUT2D eigenvalue weighted by atomic mass is 16.5. The van der Waals surface area contributed by atoms with Gasteiger partial charge in [-0.25, -0.2) is 0 Å². The number of hydrogen-bond acceptors (Lipinski definition) is 4. The molecule has 1 aromatic carbocycles. The van der Waals surface area contributed by atoms with Crippen molar-refractivity contribution in [3.63, 3.8) is 0 Å². The van der Waals surface area contributed by atoms with Gasteiger partial charge in [0, 0.05) is 25.2 Å². The van der Waals surface area contributed by atoms with Gasteiger partial charge in [-0.1, -0.05) is 17.7 Å². The van der Waals surface area contributed by atoms with Gasteiger partial charge in [0.15, 0.2) is 5.96 Å². The van der Waals surface area contributed by atoms with Crippen molar-refractivity contribution in [2.45, 2.75) is 46.2 Å². The first kappa shape index (κ1) is 19.8. The first-order chi connectivity index (χ1) is 12.6. The Morgan fingerprint density at radius 1 is 1.27 bits per heavy atom.